The van der Waals surface area contributed by atoms with E-state index in [1.165, 1.54) is 6.26 Å². The normalized spacial score (nSPS) is 15.4. The largest absolute Gasteiger partial charge is 0.493 e. The van der Waals surface area contributed by atoms with E-state index in [0.29, 0.717) is 34.7 Å². The van der Waals surface area contributed by atoms with Gasteiger partial charge in [-0.2, -0.15) is 0 Å². The van der Waals surface area contributed by atoms with E-state index in [-0.39, 0.29) is 24.0 Å². The lowest BCUT2D eigenvalue weighted by atomic mass is 10.1. The van der Waals surface area contributed by atoms with Gasteiger partial charge in [-0.3, -0.25) is 30.6 Å². The third kappa shape index (κ3) is 6.30. The Morgan fingerprint density at radius 3 is 2.84 bits per heavy atom. The second-order valence-corrected chi connectivity index (χ2v) is 8.47. The molecule has 2 heterocycles. The molecule has 2 aromatic rings. The molecule has 0 aliphatic carbocycles. The van der Waals surface area contributed by atoms with Crippen molar-refractivity contribution in [2.75, 3.05) is 13.2 Å². The summed E-state index contributed by atoms with van der Waals surface area (Å²) in [5.41, 5.74) is 5.27. The quantitative estimate of drug-likeness (QED) is 0.378. The Morgan fingerprint density at radius 1 is 1.31 bits per heavy atom. The van der Waals surface area contributed by atoms with Crippen LogP contribution in [0.4, 0.5) is 0 Å². The fourth-order valence-corrected chi connectivity index (χ4v) is 3.64. The second-order valence-electron chi connectivity index (χ2n) is 7.14. The number of rotatable bonds is 7. The molecule has 1 aromatic carbocycles. The van der Waals surface area contributed by atoms with Crippen LogP contribution in [0.2, 0.25) is 0 Å². The zero-order chi connectivity index (χ0) is 23.1. The van der Waals surface area contributed by atoms with Crippen molar-refractivity contribution in [3.63, 3.8) is 0 Å². The number of carbonyl (C=O) groups excluding carboxylic acids is 3. The Morgan fingerprint density at radius 2 is 2.12 bits per heavy atom. The van der Waals surface area contributed by atoms with Crippen LogP contribution in [0.3, 0.4) is 0 Å². The molecule has 1 aliphatic rings. The molecular weight excluding hydrogens is 500 g/mol. The minimum atomic E-state index is -0.539. The lowest BCUT2D eigenvalue weighted by Crippen LogP contribution is -2.50. The van der Waals surface area contributed by atoms with E-state index >= 15 is 0 Å². The van der Waals surface area contributed by atoms with E-state index in [2.05, 4.69) is 32.1 Å². The molecule has 3 amide bonds. The average molecular weight is 523 g/mol. The van der Waals surface area contributed by atoms with Crippen molar-refractivity contribution in [3.05, 3.63) is 52.4 Å². The summed E-state index contributed by atoms with van der Waals surface area (Å²) < 4.78 is 11.6. The van der Waals surface area contributed by atoms with Crippen molar-refractivity contribution < 1.29 is 23.5 Å². The van der Waals surface area contributed by atoms with Crippen LogP contribution in [0.25, 0.3) is 0 Å². The molecule has 1 fully saturated rings. The SMILES string of the molecule is CCCOc1ccc(Br)cc1C(=O)NC(=S)NNC(=O)C1CC(=O)N(Cc2ccco2)C1. The number of thiocarbonyl (C=S) groups is 1. The number of benzene rings is 1. The summed E-state index contributed by atoms with van der Waals surface area (Å²) in [6.45, 7) is 3.01. The number of carbonyl (C=O) groups is 3. The van der Waals surface area contributed by atoms with Crippen molar-refractivity contribution in [2.24, 2.45) is 5.92 Å². The molecular formula is C21H23BrN4O5S. The van der Waals surface area contributed by atoms with Crippen molar-refractivity contribution >= 4 is 51.0 Å². The minimum Gasteiger partial charge on any atom is -0.493 e. The molecule has 0 bridgehead atoms. The summed E-state index contributed by atoms with van der Waals surface area (Å²) in [5, 5.41) is 2.43. The van der Waals surface area contributed by atoms with E-state index in [1.54, 1.807) is 35.2 Å². The minimum absolute atomic E-state index is 0.0819. The number of likely N-dealkylation sites (tertiary alicyclic amines) is 1. The maximum Gasteiger partial charge on any atom is 0.261 e. The fraction of sp³-hybridized carbons (Fsp3) is 0.333. The van der Waals surface area contributed by atoms with E-state index in [4.69, 9.17) is 21.4 Å². The van der Waals surface area contributed by atoms with Crippen molar-refractivity contribution in [1.82, 2.24) is 21.1 Å². The summed E-state index contributed by atoms with van der Waals surface area (Å²) >= 11 is 8.45. The first-order valence-electron chi connectivity index (χ1n) is 10.0. The van der Waals surface area contributed by atoms with E-state index < -0.39 is 17.7 Å². The Balaban J connectivity index is 1.49. The second kappa shape index (κ2) is 11.1. The molecule has 170 valence electrons. The average Bonchev–Trinajstić information content (AvgIpc) is 3.41. The van der Waals surface area contributed by atoms with Crippen molar-refractivity contribution in [3.8, 4) is 5.75 Å². The van der Waals surface area contributed by atoms with Gasteiger partial charge in [-0.05, 0) is 49.0 Å². The predicted octanol–water partition coefficient (Wildman–Crippen LogP) is 2.52. The molecule has 1 aliphatic heterocycles. The standard InChI is InChI=1S/C21H23BrN4O5S/c1-2-7-31-17-6-5-14(22)10-16(17)20(29)23-21(32)25-24-19(28)13-9-18(27)26(11-13)12-15-4-3-8-30-15/h3-6,8,10,13H,2,7,9,11-12H2,1H3,(H,24,28)(H2,23,25,29,32). The highest BCUT2D eigenvalue weighted by molar-refractivity contribution is 9.10. The van der Waals surface area contributed by atoms with Crippen LogP contribution >= 0.6 is 28.1 Å². The number of ether oxygens (including phenoxy) is 1. The highest BCUT2D eigenvalue weighted by Gasteiger charge is 2.34. The van der Waals surface area contributed by atoms with Crippen molar-refractivity contribution in [2.45, 2.75) is 26.3 Å². The van der Waals surface area contributed by atoms with Gasteiger partial charge in [0.2, 0.25) is 11.8 Å². The van der Waals surface area contributed by atoms with Gasteiger partial charge >= 0.3 is 0 Å². The van der Waals surface area contributed by atoms with Gasteiger partial charge in [-0.25, -0.2) is 0 Å². The molecule has 1 unspecified atom stereocenters. The summed E-state index contributed by atoms with van der Waals surface area (Å²) in [7, 11) is 0. The molecule has 0 spiro atoms. The maximum atomic E-state index is 12.6. The van der Waals surface area contributed by atoms with Crippen LogP contribution in [-0.2, 0) is 16.1 Å². The fourth-order valence-electron chi connectivity index (χ4n) is 3.13. The number of hydrogen-bond donors (Lipinski definition) is 3. The van der Waals surface area contributed by atoms with Crippen LogP contribution in [-0.4, -0.2) is 40.9 Å². The topological polar surface area (TPSA) is 113 Å². The van der Waals surface area contributed by atoms with Gasteiger partial charge in [0.05, 0.1) is 30.9 Å². The third-order valence-electron chi connectivity index (χ3n) is 4.69. The Hall–Kier alpha value is -2.92. The van der Waals surface area contributed by atoms with E-state index in [1.807, 2.05) is 6.92 Å². The summed E-state index contributed by atoms with van der Waals surface area (Å²) in [5.74, 6) is -0.470. The number of amides is 3. The van der Waals surface area contributed by atoms with E-state index in [9.17, 15) is 14.4 Å². The number of halogens is 1. The smallest absolute Gasteiger partial charge is 0.261 e. The number of furan rings is 1. The van der Waals surface area contributed by atoms with Gasteiger partial charge in [-0.1, -0.05) is 22.9 Å². The lowest BCUT2D eigenvalue weighted by molar-refractivity contribution is -0.129. The van der Waals surface area contributed by atoms with Crippen LogP contribution in [0.5, 0.6) is 5.75 Å². The Bertz CT molecular complexity index is 998. The third-order valence-corrected chi connectivity index (χ3v) is 5.38. The molecule has 32 heavy (non-hydrogen) atoms. The molecule has 9 nitrogen and oxygen atoms in total. The molecule has 1 saturated heterocycles. The van der Waals surface area contributed by atoms with Gasteiger partial charge in [0.25, 0.3) is 5.91 Å². The summed E-state index contributed by atoms with van der Waals surface area (Å²) in [6, 6.07) is 8.61. The number of hydrazine groups is 1. The molecule has 0 radical (unpaired) electrons. The van der Waals surface area contributed by atoms with Gasteiger partial charge in [0.1, 0.15) is 11.5 Å². The van der Waals surface area contributed by atoms with Crippen LogP contribution in [0, 0.1) is 5.92 Å². The first kappa shape index (κ1) is 23.7. The molecule has 1 aromatic heterocycles. The zero-order valence-electron chi connectivity index (χ0n) is 17.4. The predicted molar refractivity (Wildman–Crippen MR) is 124 cm³/mol. The molecule has 3 N–H and O–H groups in total. The summed E-state index contributed by atoms with van der Waals surface area (Å²) in [4.78, 5) is 38.8. The summed E-state index contributed by atoms with van der Waals surface area (Å²) in [6.07, 6.45) is 2.42. The highest BCUT2D eigenvalue weighted by atomic mass is 79.9. The Labute approximate surface area is 198 Å². The van der Waals surface area contributed by atoms with Crippen molar-refractivity contribution in [1.29, 1.82) is 0 Å². The number of nitrogens with one attached hydrogen (secondary N) is 3. The Kier molecular flexibility index (Phi) is 8.23. The molecule has 1 atom stereocenters. The first-order valence-corrected chi connectivity index (χ1v) is 11.2. The van der Waals surface area contributed by atoms with Gasteiger partial charge in [-0.15, -0.1) is 0 Å². The molecule has 3 rings (SSSR count). The van der Waals surface area contributed by atoms with Gasteiger partial charge in [0.15, 0.2) is 5.11 Å². The number of nitrogens with zero attached hydrogens (tertiary/aromatic N) is 1. The maximum absolute atomic E-state index is 12.6. The number of hydrogen-bond acceptors (Lipinski definition) is 6. The molecule has 0 saturated carbocycles. The van der Waals surface area contributed by atoms with Crippen LogP contribution < -0.4 is 20.9 Å². The lowest BCUT2D eigenvalue weighted by Gasteiger charge is -2.16. The monoisotopic (exact) mass is 522 g/mol. The highest BCUT2D eigenvalue weighted by Crippen LogP contribution is 2.23. The van der Waals surface area contributed by atoms with Crippen LogP contribution in [0.1, 0.15) is 35.9 Å². The first-order chi connectivity index (χ1) is 15.4. The van der Waals surface area contributed by atoms with Gasteiger partial charge in [0, 0.05) is 17.4 Å². The zero-order valence-corrected chi connectivity index (χ0v) is 19.8. The van der Waals surface area contributed by atoms with Gasteiger partial charge < -0.3 is 14.1 Å². The molecule has 11 heteroatoms. The van der Waals surface area contributed by atoms with Crippen LogP contribution in [0.15, 0.2) is 45.5 Å². The van der Waals surface area contributed by atoms with E-state index in [0.717, 1.165) is 6.42 Å².